The van der Waals surface area contributed by atoms with Crippen LogP contribution in [0.15, 0.2) is 28.7 Å². The van der Waals surface area contributed by atoms with E-state index in [2.05, 4.69) is 15.9 Å². The Bertz CT molecular complexity index is 316. The van der Waals surface area contributed by atoms with Crippen molar-refractivity contribution in [1.82, 2.24) is 0 Å². The molecule has 0 amide bonds. The average Bonchev–Trinajstić information content (AvgIpc) is 2.34. The molecule has 0 aliphatic carbocycles. The van der Waals surface area contributed by atoms with Gasteiger partial charge >= 0.3 is 0 Å². The molecule has 0 heterocycles. The second-order valence-corrected chi connectivity index (χ2v) is 4.80. The molecule has 0 aliphatic rings. The molecule has 0 radical (unpaired) electrons. The van der Waals surface area contributed by atoms with Crippen molar-refractivity contribution in [2.75, 3.05) is 19.8 Å². The SMILES string of the molecule is CCOCC(C)OC(CN)c1ccc(Br)cc1. The molecule has 17 heavy (non-hydrogen) atoms. The Morgan fingerprint density at radius 3 is 2.47 bits per heavy atom. The van der Waals surface area contributed by atoms with Crippen LogP contribution < -0.4 is 5.73 Å². The van der Waals surface area contributed by atoms with Gasteiger partial charge < -0.3 is 15.2 Å². The van der Waals surface area contributed by atoms with Crippen LogP contribution in [-0.2, 0) is 9.47 Å². The van der Waals surface area contributed by atoms with Gasteiger partial charge in [-0.25, -0.2) is 0 Å². The summed E-state index contributed by atoms with van der Waals surface area (Å²) < 4.78 is 12.2. The maximum atomic E-state index is 5.86. The number of ether oxygens (including phenoxy) is 2. The van der Waals surface area contributed by atoms with Crippen molar-refractivity contribution in [2.24, 2.45) is 5.73 Å². The lowest BCUT2D eigenvalue weighted by Crippen LogP contribution is -2.24. The zero-order valence-electron chi connectivity index (χ0n) is 10.4. The first-order chi connectivity index (χ1) is 8.17. The highest BCUT2D eigenvalue weighted by Gasteiger charge is 2.14. The van der Waals surface area contributed by atoms with Crippen LogP contribution in [0.2, 0.25) is 0 Å². The number of hydrogen-bond donors (Lipinski definition) is 1. The predicted octanol–water partition coefficient (Wildman–Crippen LogP) is 2.89. The highest BCUT2D eigenvalue weighted by molar-refractivity contribution is 9.10. The third-order valence-electron chi connectivity index (χ3n) is 2.41. The lowest BCUT2D eigenvalue weighted by atomic mass is 10.1. The number of halogens is 1. The van der Waals surface area contributed by atoms with Crippen molar-refractivity contribution in [1.29, 1.82) is 0 Å². The molecule has 0 fully saturated rings. The summed E-state index contributed by atoms with van der Waals surface area (Å²) in [4.78, 5) is 0. The molecule has 0 bridgehead atoms. The van der Waals surface area contributed by atoms with Gasteiger partial charge in [-0.15, -0.1) is 0 Å². The van der Waals surface area contributed by atoms with Crippen LogP contribution in [0.25, 0.3) is 0 Å². The molecule has 2 N–H and O–H groups in total. The molecule has 96 valence electrons. The zero-order valence-corrected chi connectivity index (χ0v) is 11.9. The molecule has 0 aliphatic heterocycles. The molecule has 3 nitrogen and oxygen atoms in total. The summed E-state index contributed by atoms with van der Waals surface area (Å²) >= 11 is 3.41. The number of hydrogen-bond acceptors (Lipinski definition) is 3. The smallest absolute Gasteiger partial charge is 0.0951 e. The number of benzene rings is 1. The third-order valence-corrected chi connectivity index (χ3v) is 2.94. The molecule has 1 aromatic carbocycles. The van der Waals surface area contributed by atoms with Crippen LogP contribution in [0.4, 0.5) is 0 Å². The van der Waals surface area contributed by atoms with E-state index >= 15 is 0 Å². The van der Waals surface area contributed by atoms with Gasteiger partial charge in [-0.1, -0.05) is 28.1 Å². The Balaban J connectivity index is 2.56. The molecular weight excluding hydrogens is 282 g/mol. The standard InChI is InChI=1S/C13H20BrNO2/c1-3-16-9-10(2)17-13(8-15)11-4-6-12(14)7-5-11/h4-7,10,13H,3,8-9,15H2,1-2H3. The molecular formula is C13H20BrNO2. The maximum Gasteiger partial charge on any atom is 0.0951 e. The van der Waals surface area contributed by atoms with E-state index in [1.54, 1.807) is 0 Å². The summed E-state index contributed by atoms with van der Waals surface area (Å²) in [7, 11) is 0. The van der Waals surface area contributed by atoms with Crippen molar-refractivity contribution >= 4 is 15.9 Å². The van der Waals surface area contributed by atoms with Crippen LogP contribution >= 0.6 is 15.9 Å². The van der Waals surface area contributed by atoms with Crippen LogP contribution in [0.3, 0.4) is 0 Å². The fourth-order valence-electron chi connectivity index (χ4n) is 1.55. The van der Waals surface area contributed by atoms with E-state index < -0.39 is 0 Å². The van der Waals surface area contributed by atoms with Crippen molar-refractivity contribution in [3.05, 3.63) is 34.3 Å². The van der Waals surface area contributed by atoms with E-state index in [4.69, 9.17) is 15.2 Å². The second-order valence-electron chi connectivity index (χ2n) is 3.88. The van der Waals surface area contributed by atoms with E-state index in [9.17, 15) is 0 Å². The third kappa shape index (κ3) is 5.17. The highest BCUT2D eigenvalue weighted by Crippen LogP contribution is 2.20. The van der Waals surface area contributed by atoms with E-state index in [-0.39, 0.29) is 12.2 Å². The molecule has 0 spiro atoms. The zero-order chi connectivity index (χ0) is 12.7. The Hall–Kier alpha value is -0.420. The maximum absolute atomic E-state index is 5.86. The molecule has 0 aromatic heterocycles. The van der Waals surface area contributed by atoms with Gasteiger partial charge in [0.25, 0.3) is 0 Å². The minimum absolute atomic E-state index is 0.0483. The largest absolute Gasteiger partial charge is 0.379 e. The number of rotatable bonds is 7. The van der Waals surface area contributed by atoms with Gasteiger partial charge in [0.05, 0.1) is 18.8 Å². The topological polar surface area (TPSA) is 44.5 Å². The van der Waals surface area contributed by atoms with E-state index in [1.807, 2.05) is 38.1 Å². The summed E-state index contributed by atoms with van der Waals surface area (Å²) in [6, 6.07) is 8.03. The first kappa shape index (κ1) is 14.6. The molecule has 0 saturated heterocycles. The van der Waals surface area contributed by atoms with Gasteiger partial charge in [0.2, 0.25) is 0 Å². The van der Waals surface area contributed by atoms with Gasteiger partial charge in [-0.2, -0.15) is 0 Å². The second kappa shape index (κ2) is 7.82. The van der Waals surface area contributed by atoms with Crippen LogP contribution in [0.1, 0.15) is 25.5 Å². The van der Waals surface area contributed by atoms with Crippen molar-refractivity contribution in [3.63, 3.8) is 0 Å². The minimum atomic E-state index is -0.0708. The van der Waals surface area contributed by atoms with E-state index in [0.29, 0.717) is 19.8 Å². The van der Waals surface area contributed by atoms with Gasteiger partial charge in [-0.3, -0.25) is 0 Å². The first-order valence-electron chi connectivity index (χ1n) is 5.86. The van der Waals surface area contributed by atoms with Crippen molar-refractivity contribution < 1.29 is 9.47 Å². The number of nitrogens with two attached hydrogens (primary N) is 1. The fourth-order valence-corrected chi connectivity index (χ4v) is 1.82. The quantitative estimate of drug-likeness (QED) is 0.842. The minimum Gasteiger partial charge on any atom is -0.379 e. The average molecular weight is 302 g/mol. The summed E-state index contributed by atoms with van der Waals surface area (Å²) in [5.41, 5.74) is 6.84. The van der Waals surface area contributed by atoms with Crippen LogP contribution in [0.5, 0.6) is 0 Å². The Morgan fingerprint density at radius 2 is 1.94 bits per heavy atom. The van der Waals surface area contributed by atoms with Gasteiger partial charge in [0, 0.05) is 17.6 Å². The normalized spacial score (nSPS) is 14.6. The predicted molar refractivity (Wildman–Crippen MR) is 73.0 cm³/mol. The Labute approximate surface area is 111 Å². The molecule has 0 saturated carbocycles. The molecule has 4 heteroatoms. The lowest BCUT2D eigenvalue weighted by Gasteiger charge is -2.21. The highest BCUT2D eigenvalue weighted by atomic mass is 79.9. The van der Waals surface area contributed by atoms with E-state index in [1.165, 1.54) is 0 Å². The van der Waals surface area contributed by atoms with E-state index in [0.717, 1.165) is 10.0 Å². The fraction of sp³-hybridized carbons (Fsp3) is 0.538. The molecule has 1 rings (SSSR count). The van der Waals surface area contributed by atoms with Crippen LogP contribution in [-0.4, -0.2) is 25.9 Å². The Morgan fingerprint density at radius 1 is 1.29 bits per heavy atom. The van der Waals surface area contributed by atoms with Crippen molar-refractivity contribution in [3.8, 4) is 0 Å². The first-order valence-corrected chi connectivity index (χ1v) is 6.65. The molecule has 2 atom stereocenters. The van der Waals surface area contributed by atoms with Gasteiger partial charge in [-0.05, 0) is 31.5 Å². The van der Waals surface area contributed by atoms with Gasteiger partial charge in [0.15, 0.2) is 0 Å². The summed E-state index contributed by atoms with van der Waals surface area (Å²) in [5.74, 6) is 0. The van der Waals surface area contributed by atoms with Crippen LogP contribution in [0, 0.1) is 0 Å². The summed E-state index contributed by atoms with van der Waals surface area (Å²) in [5, 5.41) is 0. The molecule has 2 unspecified atom stereocenters. The van der Waals surface area contributed by atoms with Crippen molar-refractivity contribution in [2.45, 2.75) is 26.1 Å². The lowest BCUT2D eigenvalue weighted by molar-refractivity contribution is -0.0441. The summed E-state index contributed by atoms with van der Waals surface area (Å²) in [6.45, 7) is 5.75. The Kier molecular flexibility index (Phi) is 6.73. The summed E-state index contributed by atoms with van der Waals surface area (Å²) in [6.07, 6.45) is -0.0225. The molecule has 1 aromatic rings. The monoisotopic (exact) mass is 301 g/mol. The van der Waals surface area contributed by atoms with Gasteiger partial charge in [0.1, 0.15) is 0 Å².